The quantitative estimate of drug-likeness (QED) is 0.707. The molecule has 4 rings (SSSR count). The third-order valence-corrected chi connectivity index (χ3v) is 7.08. The molecular weight excluding hydrogens is 382 g/mol. The topological polar surface area (TPSA) is 109 Å². The predicted octanol–water partition coefficient (Wildman–Crippen LogP) is 2.14. The monoisotopic (exact) mass is 399 g/mol. The molecule has 144 valence electrons. The maximum Gasteiger partial charge on any atom is 0.326 e. The van der Waals surface area contributed by atoms with Gasteiger partial charge in [-0.2, -0.15) is 0 Å². The van der Waals surface area contributed by atoms with E-state index in [2.05, 4.69) is 0 Å². The van der Waals surface area contributed by atoms with E-state index in [0.29, 0.717) is 25.8 Å². The molecule has 0 spiro atoms. The molecule has 2 aromatic carbocycles. The summed E-state index contributed by atoms with van der Waals surface area (Å²) < 4.78 is 26.0. The molecule has 2 heterocycles. The van der Waals surface area contributed by atoms with Crippen LogP contribution < -0.4 is 0 Å². The molecule has 1 atom stereocenters. The number of fused-ring (bicyclic) bond motifs is 2. The van der Waals surface area contributed by atoms with Gasteiger partial charge in [0, 0.05) is 23.2 Å². The number of likely N-dealkylation sites (tertiary alicyclic amines) is 1. The van der Waals surface area contributed by atoms with Gasteiger partial charge in [0.15, 0.2) is 5.78 Å². The summed E-state index contributed by atoms with van der Waals surface area (Å²) >= 11 is 0. The second-order valence-electron chi connectivity index (χ2n) is 6.89. The number of sulfone groups is 1. The number of piperidine rings is 1. The van der Waals surface area contributed by atoms with Crippen LogP contribution in [0.2, 0.25) is 0 Å². The van der Waals surface area contributed by atoms with Crippen LogP contribution in [0.4, 0.5) is 0 Å². The molecule has 0 saturated carbocycles. The molecule has 2 aliphatic heterocycles. The maximum absolute atomic E-state index is 13.0. The Bertz CT molecular complexity index is 1120. The van der Waals surface area contributed by atoms with Crippen LogP contribution in [0.15, 0.2) is 52.3 Å². The van der Waals surface area contributed by atoms with Crippen molar-refractivity contribution in [3.05, 3.63) is 59.2 Å². The van der Waals surface area contributed by atoms with Crippen molar-refractivity contribution in [2.24, 2.45) is 0 Å². The fourth-order valence-electron chi connectivity index (χ4n) is 3.81. The summed E-state index contributed by atoms with van der Waals surface area (Å²) in [5, 5.41) is 9.39. The van der Waals surface area contributed by atoms with Crippen molar-refractivity contribution in [2.75, 3.05) is 6.54 Å². The van der Waals surface area contributed by atoms with E-state index in [-0.39, 0.29) is 26.5 Å². The van der Waals surface area contributed by atoms with Gasteiger partial charge in [-0.15, -0.1) is 0 Å². The van der Waals surface area contributed by atoms with E-state index < -0.39 is 33.5 Å². The molecular formula is C20H17NO6S. The molecule has 1 saturated heterocycles. The summed E-state index contributed by atoms with van der Waals surface area (Å²) in [6.45, 7) is 0.293. The largest absolute Gasteiger partial charge is 0.480 e. The van der Waals surface area contributed by atoms with Crippen molar-refractivity contribution in [2.45, 2.75) is 35.1 Å². The van der Waals surface area contributed by atoms with Crippen LogP contribution >= 0.6 is 0 Å². The van der Waals surface area contributed by atoms with Crippen molar-refractivity contribution >= 4 is 27.5 Å². The molecule has 2 aromatic rings. The first kappa shape index (κ1) is 18.4. The molecule has 2 aliphatic rings. The Morgan fingerprint density at radius 2 is 1.71 bits per heavy atom. The van der Waals surface area contributed by atoms with Crippen LogP contribution in [-0.2, 0) is 14.6 Å². The highest BCUT2D eigenvalue weighted by Gasteiger charge is 2.37. The van der Waals surface area contributed by atoms with Crippen molar-refractivity contribution in [3.63, 3.8) is 0 Å². The second kappa shape index (κ2) is 6.56. The lowest BCUT2D eigenvalue weighted by Crippen LogP contribution is -2.48. The van der Waals surface area contributed by atoms with Crippen molar-refractivity contribution in [1.82, 2.24) is 4.90 Å². The van der Waals surface area contributed by atoms with Gasteiger partial charge in [-0.1, -0.05) is 12.1 Å². The molecule has 1 fully saturated rings. The van der Waals surface area contributed by atoms with Gasteiger partial charge in [-0.05, 0) is 49.6 Å². The predicted molar refractivity (Wildman–Crippen MR) is 98.1 cm³/mol. The first-order valence-electron chi connectivity index (χ1n) is 8.89. The van der Waals surface area contributed by atoms with E-state index >= 15 is 0 Å². The standard InChI is InChI=1S/C20H17NO6S/c22-18-13-5-1-2-7-16(13)28(26,27)17-11-12(8-9-14(17)18)19(23)21-10-4-3-6-15(21)20(24)25/h1-2,5,7-9,11,15H,3-4,6,10H2,(H,24,25). The summed E-state index contributed by atoms with van der Waals surface area (Å²) in [5.41, 5.74) is 0.183. The summed E-state index contributed by atoms with van der Waals surface area (Å²) in [5.74, 6) is -2.04. The van der Waals surface area contributed by atoms with E-state index in [1.165, 1.54) is 41.3 Å². The second-order valence-corrected chi connectivity index (χ2v) is 8.77. The van der Waals surface area contributed by atoms with Crippen LogP contribution in [0.5, 0.6) is 0 Å². The Kier molecular flexibility index (Phi) is 4.30. The highest BCUT2D eigenvalue weighted by Crippen LogP contribution is 2.35. The number of nitrogens with zero attached hydrogens (tertiary/aromatic N) is 1. The number of hydrogen-bond donors (Lipinski definition) is 1. The Morgan fingerprint density at radius 3 is 2.46 bits per heavy atom. The summed E-state index contributed by atoms with van der Waals surface area (Å²) in [7, 11) is -3.96. The minimum Gasteiger partial charge on any atom is -0.480 e. The van der Waals surface area contributed by atoms with Gasteiger partial charge in [0.05, 0.1) is 9.79 Å². The number of ketones is 1. The van der Waals surface area contributed by atoms with Crippen molar-refractivity contribution in [1.29, 1.82) is 0 Å². The number of carboxylic acids is 1. The van der Waals surface area contributed by atoms with E-state index in [1.54, 1.807) is 6.07 Å². The van der Waals surface area contributed by atoms with Crippen LogP contribution in [0.1, 0.15) is 45.5 Å². The fourth-order valence-corrected chi connectivity index (χ4v) is 5.49. The summed E-state index contributed by atoms with van der Waals surface area (Å²) in [4.78, 5) is 38.0. The van der Waals surface area contributed by atoms with E-state index in [4.69, 9.17) is 0 Å². The minimum atomic E-state index is -3.96. The maximum atomic E-state index is 13.0. The molecule has 0 bridgehead atoms. The van der Waals surface area contributed by atoms with Gasteiger partial charge in [-0.25, -0.2) is 13.2 Å². The smallest absolute Gasteiger partial charge is 0.326 e. The molecule has 1 unspecified atom stereocenters. The fraction of sp³-hybridized carbons (Fsp3) is 0.250. The number of carbonyl (C=O) groups is 3. The average molecular weight is 399 g/mol. The van der Waals surface area contributed by atoms with Crippen LogP contribution in [0, 0.1) is 0 Å². The Labute approximate surface area is 161 Å². The third kappa shape index (κ3) is 2.72. The van der Waals surface area contributed by atoms with E-state index in [1.807, 2.05) is 0 Å². The number of benzene rings is 2. The summed E-state index contributed by atoms with van der Waals surface area (Å²) in [6.07, 6.45) is 1.76. The number of rotatable bonds is 2. The molecule has 0 aliphatic carbocycles. The van der Waals surface area contributed by atoms with Gasteiger partial charge >= 0.3 is 5.97 Å². The first-order chi connectivity index (χ1) is 13.3. The highest BCUT2D eigenvalue weighted by molar-refractivity contribution is 7.91. The van der Waals surface area contributed by atoms with Gasteiger partial charge in [0.1, 0.15) is 6.04 Å². The SMILES string of the molecule is O=C1c2ccccc2S(=O)(=O)c2cc(C(=O)N3CCCCC3C(=O)O)ccc21. The first-order valence-corrected chi connectivity index (χ1v) is 10.4. The van der Waals surface area contributed by atoms with Crippen LogP contribution in [0.3, 0.4) is 0 Å². The molecule has 28 heavy (non-hydrogen) atoms. The Morgan fingerprint density at radius 1 is 1.00 bits per heavy atom. The van der Waals surface area contributed by atoms with Gasteiger partial charge in [-0.3, -0.25) is 9.59 Å². The summed E-state index contributed by atoms with van der Waals surface area (Å²) in [6, 6.07) is 8.93. The minimum absolute atomic E-state index is 0.0173. The van der Waals surface area contributed by atoms with Crippen LogP contribution in [-0.4, -0.2) is 48.7 Å². The number of hydrogen-bond acceptors (Lipinski definition) is 5. The van der Waals surface area contributed by atoms with E-state index in [9.17, 15) is 27.9 Å². The highest BCUT2D eigenvalue weighted by atomic mass is 32.2. The van der Waals surface area contributed by atoms with Gasteiger partial charge in [0.25, 0.3) is 5.91 Å². The Hall–Kier alpha value is -3.00. The molecule has 7 nitrogen and oxygen atoms in total. The zero-order valence-corrected chi connectivity index (χ0v) is 15.6. The van der Waals surface area contributed by atoms with Crippen LogP contribution in [0.25, 0.3) is 0 Å². The number of carbonyl (C=O) groups excluding carboxylic acids is 2. The van der Waals surface area contributed by atoms with Gasteiger partial charge < -0.3 is 10.0 Å². The Balaban J connectivity index is 1.79. The average Bonchev–Trinajstić information content (AvgIpc) is 2.71. The number of aliphatic carboxylic acids is 1. The number of carboxylic acid groups (broad SMARTS) is 1. The molecule has 1 N–H and O–H groups in total. The zero-order valence-electron chi connectivity index (χ0n) is 14.8. The molecule has 0 radical (unpaired) electrons. The van der Waals surface area contributed by atoms with Crippen molar-refractivity contribution < 1.29 is 27.9 Å². The van der Waals surface area contributed by atoms with E-state index in [0.717, 1.165) is 0 Å². The lowest BCUT2D eigenvalue weighted by Gasteiger charge is -2.33. The normalized spacial score (nSPS) is 20.2. The molecule has 0 aromatic heterocycles. The number of amides is 1. The molecule has 8 heteroatoms. The lowest BCUT2D eigenvalue weighted by molar-refractivity contribution is -0.143. The third-order valence-electron chi connectivity index (χ3n) is 5.23. The van der Waals surface area contributed by atoms with Gasteiger partial charge in [0.2, 0.25) is 9.84 Å². The lowest BCUT2D eigenvalue weighted by atomic mass is 9.98. The zero-order chi connectivity index (χ0) is 20.1. The molecule has 1 amide bonds. The van der Waals surface area contributed by atoms with Crippen molar-refractivity contribution in [3.8, 4) is 0 Å².